The fourth-order valence-corrected chi connectivity index (χ4v) is 4.07. The van der Waals surface area contributed by atoms with Gasteiger partial charge in [0.1, 0.15) is 5.92 Å². The van der Waals surface area contributed by atoms with Gasteiger partial charge in [-0.15, -0.1) is 0 Å². The first-order valence-electron chi connectivity index (χ1n) is 8.75. The van der Waals surface area contributed by atoms with Crippen LogP contribution in [0.4, 0.5) is 0 Å². The van der Waals surface area contributed by atoms with E-state index >= 15 is 0 Å². The van der Waals surface area contributed by atoms with Gasteiger partial charge in [0.05, 0.1) is 12.7 Å². The Morgan fingerprint density at radius 3 is 2.67 bits per heavy atom. The number of hydrogen-bond donors (Lipinski definition) is 0. The third-order valence-corrected chi connectivity index (χ3v) is 5.57. The van der Waals surface area contributed by atoms with E-state index in [0.29, 0.717) is 12.6 Å². The smallest absolute Gasteiger partial charge is 0.323 e. The summed E-state index contributed by atoms with van der Waals surface area (Å²) < 4.78 is 5.25. The van der Waals surface area contributed by atoms with Crippen molar-refractivity contribution in [2.24, 2.45) is 17.3 Å². The van der Waals surface area contributed by atoms with Crippen LogP contribution in [0.15, 0.2) is 30.3 Å². The van der Waals surface area contributed by atoms with Crippen molar-refractivity contribution in [3.63, 3.8) is 0 Å². The van der Waals surface area contributed by atoms with Crippen LogP contribution in [0.1, 0.15) is 32.8 Å². The summed E-state index contributed by atoms with van der Waals surface area (Å²) in [5.74, 6) is -0.878. The molecule has 0 aromatic heterocycles. The van der Waals surface area contributed by atoms with Gasteiger partial charge in [0, 0.05) is 18.0 Å². The molecule has 1 saturated heterocycles. The van der Waals surface area contributed by atoms with Crippen LogP contribution in [0.3, 0.4) is 0 Å². The Balaban J connectivity index is 2.44. The van der Waals surface area contributed by atoms with Crippen molar-refractivity contribution in [1.82, 2.24) is 4.90 Å². The van der Waals surface area contributed by atoms with E-state index < -0.39 is 11.3 Å². The molecule has 0 N–H and O–H groups in total. The minimum atomic E-state index is -0.733. The number of esters is 1. The summed E-state index contributed by atoms with van der Waals surface area (Å²) in [6, 6.07) is 12.8. The topological polar surface area (TPSA) is 53.3 Å². The Morgan fingerprint density at radius 2 is 2.08 bits per heavy atom. The zero-order valence-corrected chi connectivity index (χ0v) is 15.2. The summed E-state index contributed by atoms with van der Waals surface area (Å²) in [6.45, 7) is 7.31. The Labute approximate surface area is 145 Å². The fourth-order valence-electron chi connectivity index (χ4n) is 4.07. The van der Waals surface area contributed by atoms with Gasteiger partial charge in [-0.1, -0.05) is 37.3 Å². The zero-order chi connectivity index (χ0) is 17.7. The first kappa shape index (κ1) is 18.5. The molecule has 0 amide bonds. The molecular weight excluding hydrogens is 300 g/mol. The maximum atomic E-state index is 12.5. The van der Waals surface area contributed by atoms with E-state index in [4.69, 9.17) is 4.74 Å². The van der Waals surface area contributed by atoms with Gasteiger partial charge < -0.3 is 9.64 Å². The van der Waals surface area contributed by atoms with Crippen LogP contribution in [0.2, 0.25) is 0 Å². The van der Waals surface area contributed by atoms with Crippen molar-refractivity contribution in [3.8, 4) is 6.07 Å². The molecule has 2 rings (SSSR count). The van der Waals surface area contributed by atoms with Gasteiger partial charge in [-0.25, -0.2) is 0 Å². The van der Waals surface area contributed by atoms with Crippen LogP contribution in [-0.2, 0) is 16.0 Å². The van der Waals surface area contributed by atoms with E-state index in [9.17, 15) is 10.1 Å². The second-order valence-electron chi connectivity index (χ2n) is 7.10. The van der Waals surface area contributed by atoms with Crippen LogP contribution in [0, 0.1) is 28.6 Å². The molecule has 0 saturated carbocycles. The number of piperidine rings is 1. The summed E-state index contributed by atoms with van der Waals surface area (Å²) in [7, 11) is 2.11. The maximum Gasteiger partial charge on any atom is 0.323 e. The van der Waals surface area contributed by atoms with Crippen molar-refractivity contribution in [2.75, 3.05) is 20.2 Å². The molecule has 0 unspecified atom stereocenters. The van der Waals surface area contributed by atoms with Gasteiger partial charge in [0.25, 0.3) is 0 Å². The van der Waals surface area contributed by atoms with Gasteiger partial charge >= 0.3 is 5.97 Å². The molecule has 0 aliphatic carbocycles. The van der Waals surface area contributed by atoms with Crippen LogP contribution >= 0.6 is 0 Å². The third-order valence-electron chi connectivity index (χ3n) is 5.57. The molecule has 4 nitrogen and oxygen atoms in total. The van der Waals surface area contributed by atoms with Crippen molar-refractivity contribution in [1.29, 1.82) is 5.26 Å². The predicted octanol–water partition coefficient (Wildman–Crippen LogP) is 3.28. The highest BCUT2D eigenvalue weighted by molar-refractivity contribution is 5.76. The molecule has 4 heteroatoms. The Kier molecular flexibility index (Phi) is 6.01. The van der Waals surface area contributed by atoms with Gasteiger partial charge in [-0.05, 0) is 45.2 Å². The van der Waals surface area contributed by atoms with Crippen LogP contribution in [-0.4, -0.2) is 37.1 Å². The van der Waals surface area contributed by atoms with E-state index in [1.54, 1.807) is 6.92 Å². The Bertz CT molecular complexity index is 595. The van der Waals surface area contributed by atoms with Gasteiger partial charge in [0.15, 0.2) is 0 Å². The first-order valence-corrected chi connectivity index (χ1v) is 8.75. The quantitative estimate of drug-likeness (QED) is 0.778. The molecule has 130 valence electrons. The first-order chi connectivity index (χ1) is 11.4. The largest absolute Gasteiger partial charge is 0.465 e. The van der Waals surface area contributed by atoms with Crippen molar-refractivity contribution in [2.45, 2.75) is 39.7 Å². The van der Waals surface area contributed by atoms with Crippen molar-refractivity contribution >= 4 is 5.97 Å². The summed E-state index contributed by atoms with van der Waals surface area (Å²) in [4.78, 5) is 14.9. The Morgan fingerprint density at radius 1 is 1.42 bits per heavy atom. The normalized spacial score (nSPS) is 28.8. The van der Waals surface area contributed by atoms with E-state index in [2.05, 4.69) is 44.0 Å². The number of carbonyl (C=O) groups excluding carboxylic acids is 1. The minimum Gasteiger partial charge on any atom is -0.465 e. The lowest BCUT2D eigenvalue weighted by molar-refractivity contribution is -0.154. The second kappa shape index (κ2) is 7.81. The molecule has 0 radical (unpaired) electrons. The lowest BCUT2D eigenvalue weighted by atomic mass is 9.59. The second-order valence-corrected chi connectivity index (χ2v) is 7.10. The number of nitriles is 1. The fraction of sp³-hybridized carbons (Fsp3) is 0.600. The summed E-state index contributed by atoms with van der Waals surface area (Å²) in [6.07, 6.45) is 1.54. The lowest BCUT2D eigenvalue weighted by Crippen LogP contribution is -2.55. The summed E-state index contributed by atoms with van der Waals surface area (Å²) in [5, 5.41) is 9.82. The number of likely N-dealkylation sites (tertiary alicyclic amines) is 1. The average Bonchev–Trinajstić information content (AvgIpc) is 2.55. The van der Waals surface area contributed by atoms with Crippen molar-refractivity contribution in [3.05, 3.63) is 35.9 Å². The monoisotopic (exact) mass is 328 g/mol. The van der Waals surface area contributed by atoms with Crippen molar-refractivity contribution < 1.29 is 9.53 Å². The molecule has 1 heterocycles. The lowest BCUT2D eigenvalue weighted by Gasteiger charge is -2.50. The molecule has 24 heavy (non-hydrogen) atoms. The molecule has 1 aromatic rings. The molecule has 4 atom stereocenters. The Hall–Kier alpha value is -1.86. The zero-order valence-electron chi connectivity index (χ0n) is 15.2. The van der Waals surface area contributed by atoms with E-state index in [1.165, 1.54) is 5.56 Å². The highest BCUT2D eigenvalue weighted by atomic mass is 16.5. The van der Waals surface area contributed by atoms with Crippen LogP contribution < -0.4 is 0 Å². The van der Waals surface area contributed by atoms with E-state index in [0.717, 1.165) is 19.4 Å². The summed E-state index contributed by atoms with van der Waals surface area (Å²) >= 11 is 0. The summed E-state index contributed by atoms with van der Waals surface area (Å²) in [5.41, 5.74) is 0.777. The average molecular weight is 328 g/mol. The molecule has 0 spiro atoms. The highest BCUT2D eigenvalue weighted by Crippen LogP contribution is 2.47. The minimum absolute atomic E-state index is 0.230. The van der Waals surface area contributed by atoms with Crippen LogP contribution in [0.5, 0.6) is 0 Å². The third kappa shape index (κ3) is 3.62. The van der Waals surface area contributed by atoms with Crippen LogP contribution in [0.25, 0.3) is 0 Å². The molecular formula is C20H28N2O2. The number of ether oxygens (including phenoxy) is 1. The highest BCUT2D eigenvalue weighted by Gasteiger charge is 2.51. The number of nitrogens with zero attached hydrogens (tertiary/aromatic N) is 2. The van der Waals surface area contributed by atoms with Gasteiger partial charge in [0.2, 0.25) is 0 Å². The number of carbonyl (C=O) groups is 1. The van der Waals surface area contributed by atoms with E-state index in [-0.39, 0.29) is 11.9 Å². The van der Waals surface area contributed by atoms with E-state index in [1.807, 2.05) is 18.2 Å². The predicted molar refractivity (Wildman–Crippen MR) is 94.2 cm³/mol. The SMILES string of the molecule is CCOC(=O)[C@@H](C#N)[C@]1(Cc2ccccc2)C[C@@H](C)N(C)C[C@@H]1C. The van der Waals surface area contributed by atoms with Gasteiger partial charge in [-0.3, -0.25) is 4.79 Å². The molecule has 1 aromatic carbocycles. The standard InChI is InChI=1S/C20H28N2O2/c1-5-24-19(23)18(13-21)20(12-17-9-7-6-8-10-17)11-16(3)22(4)14-15(20)2/h6-10,15-16,18H,5,11-12,14H2,1-4H3/t15-,16+,18+,20-/m0/s1. The molecule has 1 aliphatic rings. The number of rotatable bonds is 5. The number of benzene rings is 1. The van der Waals surface area contributed by atoms with Gasteiger partial charge in [-0.2, -0.15) is 5.26 Å². The maximum absolute atomic E-state index is 12.5. The molecule has 0 bridgehead atoms. The molecule has 1 fully saturated rings. The molecule has 1 aliphatic heterocycles. The number of hydrogen-bond acceptors (Lipinski definition) is 4.